The van der Waals surface area contributed by atoms with Crippen LogP contribution in [0.1, 0.15) is 28.9 Å². The third-order valence-electron chi connectivity index (χ3n) is 4.83. The normalized spacial score (nSPS) is 18.7. The van der Waals surface area contributed by atoms with Crippen LogP contribution < -0.4 is 0 Å². The Morgan fingerprint density at radius 1 is 1.08 bits per heavy atom. The molecule has 7 heteroatoms. The summed E-state index contributed by atoms with van der Waals surface area (Å²) in [6.45, 7) is 4.85. The third-order valence-corrected chi connectivity index (χ3v) is 4.83. The van der Waals surface area contributed by atoms with Crippen molar-refractivity contribution in [1.82, 2.24) is 19.3 Å². The molecule has 128 valence electrons. The summed E-state index contributed by atoms with van der Waals surface area (Å²) in [5.74, 6) is 0.151. The highest BCUT2D eigenvalue weighted by molar-refractivity contribution is 5.93. The molecular weight excluding hydrogens is 306 g/mol. The van der Waals surface area contributed by atoms with E-state index >= 15 is 0 Å². The largest absolute Gasteiger partial charge is 0.345 e. The number of piperazine rings is 1. The van der Waals surface area contributed by atoms with Gasteiger partial charge in [-0.25, -0.2) is 0 Å². The number of aromatic nitrogens is 1. The van der Waals surface area contributed by atoms with Crippen molar-refractivity contribution in [1.29, 1.82) is 5.26 Å². The molecule has 0 aromatic carbocycles. The van der Waals surface area contributed by atoms with Gasteiger partial charge in [-0.05, 0) is 18.9 Å². The number of rotatable bonds is 3. The van der Waals surface area contributed by atoms with Crippen LogP contribution in [0, 0.1) is 11.3 Å². The fourth-order valence-electron chi connectivity index (χ4n) is 3.37. The number of likely N-dealkylation sites (tertiary alicyclic amines) is 1. The van der Waals surface area contributed by atoms with Gasteiger partial charge in [-0.1, -0.05) is 0 Å². The van der Waals surface area contributed by atoms with E-state index in [0.29, 0.717) is 44.0 Å². The smallest absolute Gasteiger partial charge is 0.270 e. The van der Waals surface area contributed by atoms with E-state index in [1.54, 1.807) is 28.8 Å². The highest BCUT2D eigenvalue weighted by atomic mass is 16.2. The first-order valence-electron chi connectivity index (χ1n) is 8.44. The lowest BCUT2D eigenvalue weighted by molar-refractivity contribution is -0.131. The Labute approximate surface area is 142 Å². The molecule has 0 aliphatic carbocycles. The van der Waals surface area contributed by atoms with E-state index in [4.69, 9.17) is 5.26 Å². The number of hydrogen-bond acceptors (Lipinski definition) is 4. The maximum atomic E-state index is 12.6. The van der Waals surface area contributed by atoms with Crippen LogP contribution in [0.25, 0.3) is 0 Å². The fraction of sp³-hybridized carbons (Fsp3) is 0.588. The summed E-state index contributed by atoms with van der Waals surface area (Å²) in [5, 5.41) is 8.95. The topological polar surface area (TPSA) is 72.6 Å². The summed E-state index contributed by atoms with van der Waals surface area (Å²) < 4.78 is 1.70. The Hall–Kier alpha value is -2.33. The van der Waals surface area contributed by atoms with Gasteiger partial charge in [0.15, 0.2) is 0 Å². The lowest BCUT2D eigenvalue weighted by Gasteiger charge is -2.35. The zero-order valence-corrected chi connectivity index (χ0v) is 14.1. The summed E-state index contributed by atoms with van der Waals surface area (Å²) in [6, 6.07) is 3.69. The van der Waals surface area contributed by atoms with Gasteiger partial charge in [0.2, 0.25) is 5.91 Å². The van der Waals surface area contributed by atoms with Gasteiger partial charge in [0.1, 0.15) is 11.8 Å². The number of nitrogens with zero attached hydrogens (tertiary/aromatic N) is 5. The van der Waals surface area contributed by atoms with Gasteiger partial charge >= 0.3 is 0 Å². The van der Waals surface area contributed by atoms with Crippen molar-refractivity contribution in [3.63, 3.8) is 0 Å². The van der Waals surface area contributed by atoms with E-state index in [-0.39, 0.29) is 11.8 Å². The highest BCUT2D eigenvalue weighted by Gasteiger charge is 2.26. The Kier molecular flexibility index (Phi) is 4.86. The van der Waals surface area contributed by atoms with Gasteiger partial charge in [-0.3, -0.25) is 14.5 Å². The van der Waals surface area contributed by atoms with Gasteiger partial charge in [0.25, 0.3) is 5.91 Å². The second-order valence-corrected chi connectivity index (χ2v) is 6.49. The van der Waals surface area contributed by atoms with Crippen LogP contribution in [0.5, 0.6) is 0 Å². The molecule has 0 unspecified atom stereocenters. The molecule has 0 N–H and O–H groups in total. The minimum Gasteiger partial charge on any atom is -0.345 e. The first kappa shape index (κ1) is 16.5. The van der Waals surface area contributed by atoms with Gasteiger partial charge in [0, 0.05) is 52.5 Å². The van der Waals surface area contributed by atoms with Gasteiger partial charge in [-0.15, -0.1) is 0 Å². The summed E-state index contributed by atoms with van der Waals surface area (Å²) in [6.07, 6.45) is 3.88. The van der Waals surface area contributed by atoms with E-state index < -0.39 is 0 Å². The molecule has 2 aliphatic heterocycles. The van der Waals surface area contributed by atoms with Crippen molar-refractivity contribution in [3.8, 4) is 6.07 Å². The molecule has 1 aromatic heterocycles. The van der Waals surface area contributed by atoms with Crippen molar-refractivity contribution < 1.29 is 9.59 Å². The molecule has 3 rings (SSSR count). The summed E-state index contributed by atoms with van der Waals surface area (Å²) in [5.41, 5.74) is 1.03. The molecule has 0 bridgehead atoms. The number of carbonyl (C=O) groups is 2. The minimum absolute atomic E-state index is 0.0514. The molecule has 2 amide bonds. The predicted molar refractivity (Wildman–Crippen MR) is 88.3 cm³/mol. The van der Waals surface area contributed by atoms with Crippen LogP contribution in [0.4, 0.5) is 0 Å². The summed E-state index contributed by atoms with van der Waals surface area (Å²) in [7, 11) is 1.78. The van der Waals surface area contributed by atoms with E-state index in [0.717, 1.165) is 25.9 Å². The summed E-state index contributed by atoms with van der Waals surface area (Å²) in [4.78, 5) is 30.6. The number of hydrogen-bond donors (Lipinski definition) is 0. The quantitative estimate of drug-likeness (QED) is 0.798. The first-order chi connectivity index (χ1) is 11.6. The second kappa shape index (κ2) is 7.05. The van der Waals surface area contributed by atoms with Crippen LogP contribution in [0.15, 0.2) is 12.3 Å². The van der Waals surface area contributed by atoms with Crippen LogP contribution in [-0.4, -0.2) is 76.9 Å². The molecule has 0 radical (unpaired) electrons. The molecule has 24 heavy (non-hydrogen) atoms. The van der Waals surface area contributed by atoms with Gasteiger partial charge in [-0.2, -0.15) is 5.26 Å². The third kappa shape index (κ3) is 3.44. The predicted octanol–water partition coefficient (Wildman–Crippen LogP) is 0.277. The van der Waals surface area contributed by atoms with Gasteiger partial charge in [0.05, 0.1) is 12.1 Å². The molecule has 3 heterocycles. The molecule has 1 aromatic rings. The van der Waals surface area contributed by atoms with Crippen molar-refractivity contribution in [3.05, 3.63) is 23.5 Å². The van der Waals surface area contributed by atoms with E-state index in [2.05, 4.69) is 11.0 Å². The lowest BCUT2D eigenvalue weighted by atomic mass is 10.2. The van der Waals surface area contributed by atoms with Crippen LogP contribution in [0.2, 0.25) is 0 Å². The maximum absolute atomic E-state index is 12.6. The minimum atomic E-state index is -0.0514. The molecule has 0 saturated carbocycles. The highest BCUT2D eigenvalue weighted by Crippen LogP contribution is 2.13. The number of nitriles is 1. The Morgan fingerprint density at radius 2 is 1.75 bits per heavy atom. The van der Waals surface area contributed by atoms with E-state index in [9.17, 15) is 9.59 Å². The van der Waals surface area contributed by atoms with Gasteiger partial charge < -0.3 is 14.4 Å². The van der Waals surface area contributed by atoms with Crippen LogP contribution in [0.3, 0.4) is 0 Å². The Bertz CT molecular complexity index is 661. The average molecular weight is 329 g/mol. The zero-order valence-electron chi connectivity index (χ0n) is 14.1. The molecule has 0 atom stereocenters. The van der Waals surface area contributed by atoms with Crippen LogP contribution >= 0.6 is 0 Å². The number of aryl methyl sites for hydroxylation is 1. The SMILES string of the molecule is Cn1cc(C#N)cc1C(=O)N1CCN(CC(=O)N2CCCC2)CC1. The van der Waals surface area contributed by atoms with E-state index in [1.165, 1.54) is 0 Å². The van der Waals surface area contributed by atoms with Crippen LogP contribution in [-0.2, 0) is 11.8 Å². The number of carbonyl (C=O) groups excluding carboxylic acids is 2. The standard InChI is InChI=1S/C17H23N5O2/c1-19-12-14(11-18)10-15(19)17(24)22-8-6-20(7-9-22)13-16(23)21-4-2-3-5-21/h10,12H,2-9,13H2,1H3. The molecule has 0 spiro atoms. The zero-order chi connectivity index (χ0) is 17.1. The summed E-state index contributed by atoms with van der Waals surface area (Å²) >= 11 is 0. The van der Waals surface area contributed by atoms with Crippen molar-refractivity contribution in [2.45, 2.75) is 12.8 Å². The average Bonchev–Trinajstić information content (AvgIpc) is 3.24. The molecule has 2 saturated heterocycles. The molecular formula is C17H23N5O2. The van der Waals surface area contributed by atoms with Crippen molar-refractivity contribution >= 4 is 11.8 Å². The Morgan fingerprint density at radius 3 is 2.33 bits per heavy atom. The second-order valence-electron chi connectivity index (χ2n) is 6.49. The lowest BCUT2D eigenvalue weighted by Crippen LogP contribution is -2.51. The van der Waals surface area contributed by atoms with E-state index in [1.807, 2.05) is 4.90 Å². The molecule has 2 aliphatic rings. The maximum Gasteiger partial charge on any atom is 0.270 e. The fourth-order valence-corrected chi connectivity index (χ4v) is 3.37. The first-order valence-corrected chi connectivity index (χ1v) is 8.44. The Balaban J connectivity index is 1.52. The molecule has 7 nitrogen and oxygen atoms in total. The van der Waals surface area contributed by atoms with Crippen molar-refractivity contribution in [2.75, 3.05) is 45.8 Å². The number of amides is 2. The van der Waals surface area contributed by atoms with Crippen molar-refractivity contribution in [2.24, 2.45) is 7.05 Å². The molecule has 2 fully saturated rings. The monoisotopic (exact) mass is 329 g/mol.